The predicted molar refractivity (Wildman–Crippen MR) is 342 cm³/mol. The molecule has 33 nitrogen and oxygen atoms in total. The third-order valence-electron chi connectivity index (χ3n) is 15.1. The van der Waals surface area contributed by atoms with Gasteiger partial charge in [-0.25, -0.2) is 9.59 Å². The number of methoxy groups -OCH3 is 1. The summed E-state index contributed by atoms with van der Waals surface area (Å²) in [6.45, 7) is 2.57. The first kappa shape index (κ1) is 83.2. The van der Waals surface area contributed by atoms with Gasteiger partial charge in [0.1, 0.15) is 60.6 Å². The van der Waals surface area contributed by atoms with Gasteiger partial charge in [-0.05, 0) is 77.6 Å². The Kier molecular flexibility index (Phi) is 39.8. The molecule has 2 rings (SSSR count). The van der Waals surface area contributed by atoms with Gasteiger partial charge in [0, 0.05) is 6.42 Å². The van der Waals surface area contributed by atoms with E-state index in [9.17, 15) is 87.9 Å². The van der Waals surface area contributed by atoms with E-state index in [1.54, 1.807) is 30.3 Å². The summed E-state index contributed by atoms with van der Waals surface area (Å²) in [7, 11) is 0.993. The number of aliphatic hydroxyl groups excluding tert-OH is 4. The van der Waals surface area contributed by atoms with Crippen LogP contribution in [0, 0.1) is 0 Å². The van der Waals surface area contributed by atoms with E-state index in [0.29, 0.717) is 12.0 Å². The van der Waals surface area contributed by atoms with Gasteiger partial charge < -0.3 is 105 Å². The molecule has 10 amide bonds. The quantitative estimate of drug-likeness (QED) is 0.0140. The number of nitrogens with one attached hydrogen (secondary N) is 10. The number of cyclic esters (lactones) is 1. The Morgan fingerprint density at radius 1 is 0.663 bits per heavy atom. The molecule has 0 radical (unpaired) electrons. The lowest BCUT2D eigenvalue weighted by atomic mass is 10.0. The van der Waals surface area contributed by atoms with Crippen LogP contribution in [0.2, 0.25) is 0 Å². The number of hydrogen-bond donors (Lipinski definition) is 18. The summed E-state index contributed by atoms with van der Waals surface area (Å²) >= 11 is 6.01. The minimum atomic E-state index is -2.76. The lowest BCUT2D eigenvalue weighted by molar-refractivity contribution is -0.154. The first-order valence-electron chi connectivity index (χ1n) is 31.8. The molecule has 1 aliphatic rings. The van der Waals surface area contributed by atoms with Gasteiger partial charge in [0.25, 0.3) is 11.8 Å². The summed E-state index contributed by atoms with van der Waals surface area (Å²) in [6, 6.07) is -9.53. The van der Waals surface area contributed by atoms with Crippen LogP contribution in [0.4, 0.5) is 0 Å². The molecule has 95 heavy (non-hydrogen) atoms. The van der Waals surface area contributed by atoms with Crippen molar-refractivity contribution in [1.29, 1.82) is 0 Å². The van der Waals surface area contributed by atoms with Gasteiger partial charge in [0.05, 0.1) is 44.1 Å². The van der Waals surface area contributed by atoms with Gasteiger partial charge >= 0.3 is 17.9 Å². The molecule has 1 heterocycles. The summed E-state index contributed by atoms with van der Waals surface area (Å²) < 4.78 is 10.3. The maximum absolute atomic E-state index is 14.6. The fourth-order valence-electron chi connectivity index (χ4n) is 9.68. The number of allylic oxidation sites excluding steroid dienone is 1. The SMILES string of the molecule is C/C=C1\NC(=O)[C@H]([C@H](C)O)NC(=O)[C@H](CCN)NC(=O)[C@H](CCCCN)NC(=O)[C@H](CC(=O)O)NC(=O)[C@@H](CCN)NC(=O)[C@@H](NC(=O)C[C@H](O)CCCCCCCCCCC)COC(=O)[C@H]([C@H](O)CCl)NC(=O)[C@H]([C@H](O)C(=O)NC(Cc2ccccc2)C(=O)OC)NC1=O. The van der Waals surface area contributed by atoms with Crippen molar-refractivity contribution in [3.8, 4) is 0 Å². The van der Waals surface area contributed by atoms with Crippen LogP contribution < -0.4 is 70.4 Å². The van der Waals surface area contributed by atoms with Gasteiger partial charge in [-0.1, -0.05) is 101 Å². The molecule has 21 N–H and O–H groups in total. The fourth-order valence-corrected chi connectivity index (χ4v) is 9.86. The summed E-state index contributed by atoms with van der Waals surface area (Å²) in [4.78, 5) is 181. The van der Waals surface area contributed by atoms with Gasteiger partial charge in [-0.2, -0.15) is 0 Å². The number of carboxylic acids is 1. The monoisotopic (exact) mass is 1370 g/mol. The predicted octanol–water partition coefficient (Wildman–Crippen LogP) is -4.34. The Bertz CT molecular complexity index is 2710. The molecule has 13 atom stereocenters. The minimum Gasteiger partial charge on any atom is -0.481 e. The number of carbonyl (C=O) groups excluding carboxylic acids is 12. The second-order valence-electron chi connectivity index (χ2n) is 22.8. The molecule has 0 aliphatic carbocycles. The molecule has 0 saturated carbocycles. The standard InChI is InChI=1S/C61H98ClN13O20/c1-5-7-8-9-10-11-12-13-17-22-36(77)30-45(79)66-43-33-95-61(93)48(44(78)32-62)74-58(90)49(50(82)59(91)72-42(60(92)94-4)29-35-20-15-14-16-21-35)75-51(83)37(6-2)67-57(89)47(34(3)76)73-54(86)40(25-28-65)69-52(84)38(23-18-19-26-63)68-55(87)41(31-46(80)81)71-53(85)39(24-27-64)70-56(43)88/h6,14-16,20-21,34,36,38-44,47-50,76-78,82H,5,7-13,17-19,22-33,63-65H2,1-4H3,(H,66,79)(H,67,89)(H,68,87)(H,69,84)(H,70,88)(H,71,85)(H,72,91)(H,73,86)(H,74,90)(H,75,83)(H,80,81)/b37-6-/t34-,36+,38-,39+,40-,41-,42?,43-,44+,47-,48-,49-,50-/m0/s1. The van der Waals surface area contributed by atoms with E-state index in [2.05, 4.69) is 49.5 Å². The minimum absolute atomic E-state index is 0.112. The van der Waals surface area contributed by atoms with E-state index >= 15 is 0 Å². The van der Waals surface area contributed by atoms with E-state index < -0.39 is 193 Å². The maximum atomic E-state index is 14.6. The second kappa shape index (κ2) is 45.5. The van der Waals surface area contributed by atoms with Crippen LogP contribution in [0.1, 0.15) is 135 Å². The zero-order chi connectivity index (χ0) is 71.2. The molecule has 1 aromatic rings. The summed E-state index contributed by atoms with van der Waals surface area (Å²) in [6.07, 6.45) is -0.817. The molecule has 1 saturated heterocycles. The van der Waals surface area contributed by atoms with Crippen molar-refractivity contribution in [3.63, 3.8) is 0 Å². The number of benzene rings is 1. The van der Waals surface area contributed by atoms with Crippen LogP contribution in [0.15, 0.2) is 42.1 Å². The van der Waals surface area contributed by atoms with E-state index in [1.807, 2.05) is 10.6 Å². The zero-order valence-corrected chi connectivity index (χ0v) is 55.0. The van der Waals surface area contributed by atoms with Crippen molar-refractivity contribution in [2.45, 2.75) is 215 Å². The lowest BCUT2D eigenvalue weighted by Crippen LogP contribution is -2.63. The van der Waals surface area contributed by atoms with Crippen molar-refractivity contribution in [3.05, 3.63) is 47.7 Å². The molecule has 1 fully saturated rings. The van der Waals surface area contributed by atoms with Gasteiger partial charge in [-0.3, -0.25) is 52.7 Å². The van der Waals surface area contributed by atoms with Crippen LogP contribution >= 0.6 is 11.6 Å². The highest BCUT2D eigenvalue weighted by Gasteiger charge is 2.42. The van der Waals surface area contributed by atoms with Crippen LogP contribution in [-0.4, -0.2) is 221 Å². The fraction of sp³-hybridized carbons (Fsp3) is 0.656. The number of carbonyl (C=O) groups is 13. The number of rotatable bonds is 32. The highest BCUT2D eigenvalue weighted by Crippen LogP contribution is 2.15. The molecule has 534 valence electrons. The average Bonchev–Trinajstić information content (AvgIpc) is 0.864. The molecule has 0 spiro atoms. The van der Waals surface area contributed by atoms with Gasteiger partial charge in [0.15, 0.2) is 12.1 Å². The number of carboxylic acid groups (broad SMARTS) is 1. The zero-order valence-electron chi connectivity index (χ0n) is 54.2. The molecular formula is C61H98ClN13O20. The highest BCUT2D eigenvalue weighted by molar-refractivity contribution is 6.18. The molecular weight excluding hydrogens is 1270 g/mol. The highest BCUT2D eigenvalue weighted by atomic mass is 35.5. The van der Waals surface area contributed by atoms with Crippen LogP contribution in [-0.2, 0) is 78.2 Å². The van der Waals surface area contributed by atoms with Crippen LogP contribution in [0.25, 0.3) is 0 Å². The van der Waals surface area contributed by atoms with E-state index in [0.717, 1.165) is 71.5 Å². The van der Waals surface area contributed by atoms with Crippen molar-refractivity contribution < 1.29 is 97.3 Å². The number of unbranched alkanes of at least 4 members (excludes halogenated alkanes) is 9. The van der Waals surface area contributed by atoms with Crippen molar-refractivity contribution in [2.75, 3.05) is 39.2 Å². The summed E-state index contributed by atoms with van der Waals surface area (Å²) in [5, 5.41) is 77.0. The molecule has 1 unspecified atom stereocenters. The number of ether oxygens (including phenoxy) is 2. The largest absolute Gasteiger partial charge is 0.481 e. The maximum Gasteiger partial charge on any atom is 0.331 e. The Hall–Kier alpha value is -7.92. The van der Waals surface area contributed by atoms with Crippen molar-refractivity contribution in [1.82, 2.24) is 53.2 Å². The van der Waals surface area contributed by atoms with E-state index in [1.165, 1.54) is 6.92 Å². The molecule has 34 heteroatoms. The first-order chi connectivity index (χ1) is 45.2. The number of alkyl halides is 1. The number of aliphatic hydroxyl groups is 4. The summed E-state index contributed by atoms with van der Waals surface area (Å²) in [5.74, 6) is -18.3. The molecule has 0 bridgehead atoms. The smallest absolute Gasteiger partial charge is 0.331 e. The second-order valence-corrected chi connectivity index (χ2v) is 23.1. The molecule has 1 aromatic carbocycles. The number of halogens is 1. The van der Waals surface area contributed by atoms with Crippen molar-refractivity contribution in [2.24, 2.45) is 17.2 Å². The Balaban J connectivity index is 2.90. The normalized spacial score (nSPS) is 23.1. The first-order valence-corrected chi connectivity index (χ1v) is 32.3. The lowest BCUT2D eigenvalue weighted by Gasteiger charge is -2.29. The van der Waals surface area contributed by atoms with Gasteiger partial charge in [-0.15, -0.1) is 11.6 Å². The Morgan fingerprint density at radius 3 is 1.74 bits per heavy atom. The van der Waals surface area contributed by atoms with Crippen LogP contribution in [0.5, 0.6) is 0 Å². The third kappa shape index (κ3) is 30.6. The molecule has 1 aliphatic heterocycles. The number of hydrogen-bond acceptors (Lipinski definition) is 22. The number of amides is 10. The average molecular weight is 1370 g/mol. The summed E-state index contributed by atoms with van der Waals surface area (Å²) in [5.41, 5.74) is 17.1. The number of nitrogens with two attached hydrogens (primary N) is 3. The van der Waals surface area contributed by atoms with E-state index in [4.69, 9.17) is 38.3 Å². The Morgan fingerprint density at radius 2 is 1.20 bits per heavy atom. The molecule has 0 aromatic heterocycles. The topological polar surface area (TPSA) is 540 Å². The van der Waals surface area contributed by atoms with Gasteiger partial charge in [0.2, 0.25) is 47.3 Å². The third-order valence-corrected chi connectivity index (χ3v) is 15.4. The van der Waals surface area contributed by atoms with Crippen LogP contribution in [0.3, 0.4) is 0 Å². The van der Waals surface area contributed by atoms with Crippen molar-refractivity contribution >= 4 is 88.6 Å². The van der Waals surface area contributed by atoms with E-state index in [-0.39, 0.29) is 58.2 Å². The number of esters is 2. The number of aliphatic carboxylic acids is 1. The Labute approximate surface area is 556 Å².